The molecular weight excluding hydrogens is 405 g/mol. The highest BCUT2D eigenvalue weighted by atomic mass is 32.1. The van der Waals surface area contributed by atoms with E-state index in [0.29, 0.717) is 22.1 Å². The van der Waals surface area contributed by atoms with Gasteiger partial charge in [-0.3, -0.25) is 14.9 Å². The van der Waals surface area contributed by atoms with Crippen LogP contribution < -0.4 is 10.6 Å². The molecule has 4 aromatic rings. The van der Waals surface area contributed by atoms with Gasteiger partial charge in [0.05, 0.1) is 12.0 Å². The number of carbonyl (C=O) groups is 2. The number of hydrogen-bond acceptors (Lipinski definition) is 5. The van der Waals surface area contributed by atoms with Gasteiger partial charge in [0, 0.05) is 22.2 Å². The first-order valence-electron chi connectivity index (χ1n) is 8.98. The lowest BCUT2D eigenvalue weighted by Crippen LogP contribution is -2.15. The van der Waals surface area contributed by atoms with Crippen molar-refractivity contribution in [3.63, 3.8) is 0 Å². The van der Waals surface area contributed by atoms with Crippen molar-refractivity contribution < 1.29 is 18.4 Å². The molecule has 2 aromatic heterocycles. The molecule has 0 unspecified atom stereocenters. The molecule has 2 heterocycles. The minimum absolute atomic E-state index is 0.181. The number of aromatic nitrogens is 1. The van der Waals surface area contributed by atoms with E-state index in [2.05, 4.69) is 15.6 Å². The molecule has 2 N–H and O–H groups in total. The van der Waals surface area contributed by atoms with E-state index in [0.717, 1.165) is 11.1 Å². The van der Waals surface area contributed by atoms with Gasteiger partial charge in [-0.2, -0.15) is 0 Å². The van der Waals surface area contributed by atoms with Gasteiger partial charge >= 0.3 is 0 Å². The molecule has 8 heteroatoms. The van der Waals surface area contributed by atoms with Gasteiger partial charge < -0.3 is 9.73 Å². The lowest BCUT2D eigenvalue weighted by atomic mass is 10.1. The number of benzene rings is 2. The Morgan fingerprint density at radius 2 is 1.83 bits per heavy atom. The molecule has 0 aliphatic carbocycles. The number of thiazole rings is 1. The van der Waals surface area contributed by atoms with Gasteiger partial charge in [-0.25, -0.2) is 9.37 Å². The second kappa shape index (κ2) is 8.30. The molecule has 4 rings (SSSR count). The molecule has 0 bridgehead atoms. The number of anilines is 2. The normalized spacial score (nSPS) is 10.6. The van der Waals surface area contributed by atoms with E-state index in [1.54, 1.807) is 47.8 Å². The first kappa shape index (κ1) is 19.5. The molecule has 0 radical (unpaired) electrons. The zero-order valence-corrected chi connectivity index (χ0v) is 16.6. The predicted octanol–water partition coefficient (Wildman–Crippen LogP) is 5.36. The van der Waals surface area contributed by atoms with Crippen LogP contribution in [0.1, 0.15) is 26.5 Å². The highest BCUT2D eigenvalue weighted by Crippen LogP contribution is 2.26. The Labute approximate surface area is 175 Å². The van der Waals surface area contributed by atoms with Crippen LogP contribution in [0.25, 0.3) is 11.3 Å². The van der Waals surface area contributed by atoms with Crippen molar-refractivity contribution in [2.45, 2.75) is 6.92 Å². The van der Waals surface area contributed by atoms with Crippen LogP contribution in [-0.4, -0.2) is 16.8 Å². The maximum atomic E-state index is 13.1. The number of aryl methyl sites for hydroxylation is 1. The molecule has 2 amide bonds. The second-order valence-corrected chi connectivity index (χ2v) is 7.32. The predicted molar refractivity (Wildman–Crippen MR) is 113 cm³/mol. The van der Waals surface area contributed by atoms with Gasteiger partial charge in [0.1, 0.15) is 5.82 Å². The molecule has 0 spiro atoms. The van der Waals surface area contributed by atoms with Crippen LogP contribution in [0.2, 0.25) is 0 Å². The Morgan fingerprint density at radius 1 is 1.03 bits per heavy atom. The molecule has 6 nitrogen and oxygen atoms in total. The Kier molecular flexibility index (Phi) is 5.40. The third-order valence-electron chi connectivity index (χ3n) is 4.36. The fraction of sp³-hybridized carbons (Fsp3) is 0.0455. The minimum atomic E-state index is -0.399. The van der Waals surface area contributed by atoms with Crippen molar-refractivity contribution in [3.05, 3.63) is 88.9 Å². The summed E-state index contributed by atoms with van der Waals surface area (Å²) in [5.41, 5.74) is 3.08. The molecule has 0 saturated carbocycles. The van der Waals surface area contributed by atoms with E-state index in [1.165, 1.54) is 29.7 Å². The van der Waals surface area contributed by atoms with Crippen molar-refractivity contribution >= 4 is 34.0 Å². The van der Waals surface area contributed by atoms with Gasteiger partial charge in [-0.15, -0.1) is 11.3 Å². The van der Waals surface area contributed by atoms with E-state index < -0.39 is 5.91 Å². The van der Waals surface area contributed by atoms with Crippen molar-refractivity contribution in [2.24, 2.45) is 0 Å². The maximum absolute atomic E-state index is 13.1. The minimum Gasteiger partial charge on any atom is -0.459 e. The van der Waals surface area contributed by atoms with Crippen molar-refractivity contribution in [1.82, 2.24) is 4.98 Å². The van der Waals surface area contributed by atoms with Gasteiger partial charge in [0.2, 0.25) is 0 Å². The fourth-order valence-electron chi connectivity index (χ4n) is 2.74. The van der Waals surface area contributed by atoms with E-state index in [4.69, 9.17) is 4.42 Å². The summed E-state index contributed by atoms with van der Waals surface area (Å²) in [5, 5.41) is 7.70. The molecular formula is C22H16FN3O3S. The number of halogens is 1. The number of rotatable bonds is 5. The third-order valence-corrected chi connectivity index (χ3v) is 5.12. The van der Waals surface area contributed by atoms with E-state index in [1.807, 2.05) is 6.92 Å². The summed E-state index contributed by atoms with van der Waals surface area (Å²) in [4.78, 5) is 29.3. The van der Waals surface area contributed by atoms with Crippen LogP contribution in [-0.2, 0) is 0 Å². The summed E-state index contributed by atoms with van der Waals surface area (Å²) < 4.78 is 18.2. The van der Waals surface area contributed by atoms with Crippen molar-refractivity contribution in [2.75, 3.05) is 10.6 Å². The quantitative estimate of drug-likeness (QED) is 0.455. The zero-order valence-electron chi connectivity index (χ0n) is 15.8. The van der Waals surface area contributed by atoms with Gasteiger partial charge in [-0.05, 0) is 61.0 Å². The summed E-state index contributed by atoms with van der Waals surface area (Å²) in [7, 11) is 0. The fourth-order valence-corrected chi connectivity index (χ4v) is 3.46. The molecule has 2 aromatic carbocycles. The van der Waals surface area contributed by atoms with Crippen LogP contribution >= 0.6 is 11.3 Å². The van der Waals surface area contributed by atoms with Crippen molar-refractivity contribution in [3.8, 4) is 11.3 Å². The average molecular weight is 421 g/mol. The van der Waals surface area contributed by atoms with Crippen LogP contribution in [0.3, 0.4) is 0 Å². The van der Waals surface area contributed by atoms with E-state index >= 15 is 0 Å². The number of nitrogens with one attached hydrogen (secondary N) is 2. The lowest BCUT2D eigenvalue weighted by Gasteiger charge is -2.09. The van der Waals surface area contributed by atoms with Crippen molar-refractivity contribution in [1.29, 1.82) is 0 Å². The molecule has 0 atom stereocenters. The number of hydrogen-bond donors (Lipinski definition) is 2. The van der Waals surface area contributed by atoms with E-state index in [9.17, 15) is 14.0 Å². The first-order valence-corrected chi connectivity index (χ1v) is 9.86. The molecule has 0 aliphatic rings. The van der Waals surface area contributed by atoms with Gasteiger partial charge in [0.15, 0.2) is 10.9 Å². The summed E-state index contributed by atoms with van der Waals surface area (Å²) in [6.07, 6.45) is 1.42. The summed E-state index contributed by atoms with van der Waals surface area (Å²) in [6, 6.07) is 14.2. The number of carbonyl (C=O) groups excluding carboxylic acids is 2. The second-order valence-electron chi connectivity index (χ2n) is 6.46. The van der Waals surface area contributed by atoms with Gasteiger partial charge in [-0.1, -0.05) is 6.07 Å². The molecule has 150 valence electrons. The van der Waals surface area contributed by atoms with Crippen LogP contribution in [0, 0.1) is 12.7 Å². The number of furan rings is 1. The summed E-state index contributed by atoms with van der Waals surface area (Å²) >= 11 is 1.27. The monoisotopic (exact) mass is 421 g/mol. The summed E-state index contributed by atoms with van der Waals surface area (Å²) in [5.74, 6) is -0.898. The van der Waals surface area contributed by atoms with Crippen LogP contribution in [0.4, 0.5) is 15.2 Å². The SMILES string of the molecule is Cc1ccc(C(=O)Nc2nc(-c3ccc(F)cc3)cs2)cc1NC(=O)c1ccco1. The first-order chi connectivity index (χ1) is 14.5. The smallest absolute Gasteiger partial charge is 0.291 e. The Bertz CT molecular complexity index is 1200. The highest BCUT2D eigenvalue weighted by molar-refractivity contribution is 7.14. The number of amides is 2. The largest absolute Gasteiger partial charge is 0.459 e. The number of nitrogens with zero attached hydrogens (tertiary/aromatic N) is 1. The summed E-state index contributed by atoms with van der Waals surface area (Å²) in [6.45, 7) is 1.83. The Hall–Kier alpha value is -3.78. The average Bonchev–Trinajstić information content (AvgIpc) is 3.42. The topological polar surface area (TPSA) is 84.2 Å². The zero-order chi connectivity index (χ0) is 21.1. The maximum Gasteiger partial charge on any atom is 0.291 e. The third kappa shape index (κ3) is 4.28. The molecule has 0 fully saturated rings. The lowest BCUT2D eigenvalue weighted by molar-refractivity contribution is 0.0993. The highest BCUT2D eigenvalue weighted by Gasteiger charge is 2.14. The van der Waals surface area contributed by atoms with Gasteiger partial charge in [0.25, 0.3) is 11.8 Å². The Balaban J connectivity index is 1.48. The van der Waals surface area contributed by atoms with E-state index in [-0.39, 0.29) is 17.5 Å². The Morgan fingerprint density at radius 3 is 2.57 bits per heavy atom. The molecule has 30 heavy (non-hydrogen) atoms. The molecule has 0 saturated heterocycles. The van der Waals surface area contributed by atoms with Crippen LogP contribution in [0.15, 0.2) is 70.7 Å². The standard InChI is InChI=1S/C22H16FN3O3S/c1-13-4-5-15(11-17(13)24-21(28)19-3-2-10-29-19)20(27)26-22-25-18(12-30-22)14-6-8-16(23)9-7-14/h2-12H,1H3,(H,24,28)(H,25,26,27). The van der Waals surface area contributed by atoms with Crippen LogP contribution in [0.5, 0.6) is 0 Å². The molecule has 0 aliphatic heterocycles.